The lowest BCUT2D eigenvalue weighted by molar-refractivity contribution is -0.193. The van der Waals surface area contributed by atoms with Gasteiger partial charge in [0.05, 0.1) is 7.11 Å². The van der Waals surface area contributed by atoms with Crippen molar-refractivity contribution in [2.24, 2.45) is 11.8 Å². The van der Waals surface area contributed by atoms with Crippen LogP contribution in [0.4, 0.5) is 36.4 Å². The summed E-state index contributed by atoms with van der Waals surface area (Å²) in [5.41, 5.74) is 1.46. The van der Waals surface area contributed by atoms with Crippen LogP contribution in [-0.2, 0) is 29.1 Å². The lowest BCUT2D eigenvalue weighted by Crippen LogP contribution is -2.31. The molecule has 19 heteroatoms. The number of nitrogens with one attached hydrogen (secondary N) is 1. The number of carboxylic acids is 2. The van der Waals surface area contributed by atoms with Gasteiger partial charge in [0.25, 0.3) is 5.91 Å². The fraction of sp³-hybridized carbons (Fsp3) is 0.385. The highest BCUT2D eigenvalue weighted by Gasteiger charge is 2.40. The number of ether oxygens (including phenoxy) is 1. The molecule has 2 unspecified atom stereocenters. The SMILES string of the molecule is COc1ncccc1CN1CC2Cc3nnc(C(=O)Nc4cccc(F)c4)n3CC2C1.O=C(O)C(F)(F)F.O=C(O)C(F)(F)F. The highest BCUT2D eigenvalue weighted by molar-refractivity contribution is 6.01. The van der Waals surface area contributed by atoms with Crippen molar-refractivity contribution in [3.05, 3.63) is 65.6 Å². The first-order valence-corrected chi connectivity index (χ1v) is 12.8. The average molecular weight is 651 g/mol. The second-order valence-electron chi connectivity index (χ2n) is 9.71. The second kappa shape index (κ2) is 14.3. The molecular formula is C26H25F7N6O6. The van der Waals surface area contributed by atoms with Crippen molar-refractivity contribution in [1.82, 2.24) is 24.6 Å². The van der Waals surface area contributed by atoms with E-state index in [0.717, 1.165) is 37.4 Å². The average Bonchev–Trinajstić information content (AvgIpc) is 3.54. The van der Waals surface area contributed by atoms with Crippen LogP contribution in [0.5, 0.6) is 5.88 Å². The third kappa shape index (κ3) is 9.59. The van der Waals surface area contributed by atoms with E-state index in [1.165, 1.54) is 12.1 Å². The highest BCUT2D eigenvalue weighted by Crippen LogP contribution is 2.34. The van der Waals surface area contributed by atoms with E-state index < -0.39 is 30.1 Å². The molecule has 244 valence electrons. The van der Waals surface area contributed by atoms with E-state index in [1.54, 1.807) is 25.4 Å². The Morgan fingerprint density at radius 3 is 2.16 bits per heavy atom. The van der Waals surface area contributed by atoms with Crippen molar-refractivity contribution in [3.63, 3.8) is 0 Å². The predicted octanol–water partition coefficient (Wildman–Crippen LogP) is 3.64. The maximum absolute atomic E-state index is 13.4. The molecule has 3 N–H and O–H groups in total. The van der Waals surface area contributed by atoms with Crippen molar-refractivity contribution in [2.75, 3.05) is 25.5 Å². The maximum atomic E-state index is 13.4. The van der Waals surface area contributed by atoms with Crippen LogP contribution in [0.3, 0.4) is 0 Å². The summed E-state index contributed by atoms with van der Waals surface area (Å²) in [6.07, 6.45) is -7.65. The molecule has 2 aliphatic rings. The van der Waals surface area contributed by atoms with Gasteiger partial charge in [0.1, 0.15) is 11.6 Å². The molecule has 1 saturated heterocycles. The molecule has 45 heavy (non-hydrogen) atoms. The van der Waals surface area contributed by atoms with Gasteiger partial charge in [0, 0.05) is 50.0 Å². The number of pyridine rings is 1. The number of carbonyl (C=O) groups is 3. The Bertz CT molecular complexity index is 1490. The molecule has 2 atom stereocenters. The fourth-order valence-electron chi connectivity index (χ4n) is 4.64. The molecule has 1 amide bonds. The minimum Gasteiger partial charge on any atom is -0.481 e. The van der Waals surface area contributed by atoms with Gasteiger partial charge in [-0.2, -0.15) is 26.3 Å². The molecule has 0 saturated carbocycles. The van der Waals surface area contributed by atoms with Gasteiger partial charge in [-0.05, 0) is 36.1 Å². The number of fused-ring (bicyclic) bond motifs is 2. The highest BCUT2D eigenvalue weighted by atomic mass is 19.4. The number of methoxy groups -OCH3 is 1. The summed E-state index contributed by atoms with van der Waals surface area (Å²) in [6.45, 7) is 3.35. The summed E-state index contributed by atoms with van der Waals surface area (Å²) in [7, 11) is 1.64. The molecule has 1 fully saturated rings. The Hall–Kier alpha value is -4.81. The summed E-state index contributed by atoms with van der Waals surface area (Å²) in [4.78, 5) is 37.2. The number of rotatable bonds is 5. The Labute approximate surface area is 249 Å². The molecule has 2 aromatic heterocycles. The number of anilines is 1. The Morgan fingerprint density at radius 2 is 1.58 bits per heavy atom. The first kappa shape index (κ1) is 34.7. The minimum absolute atomic E-state index is 0.269. The number of aliphatic carboxylic acids is 2. The molecule has 1 aromatic carbocycles. The van der Waals surface area contributed by atoms with Crippen LogP contribution in [0.1, 0.15) is 22.0 Å². The molecule has 0 bridgehead atoms. The minimum atomic E-state index is -5.08. The van der Waals surface area contributed by atoms with Gasteiger partial charge >= 0.3 is 24.3 Å². The molecule has 0 radical (unpaired) electrons. The van der Waals surface area contributed by atoms with Crippen LogP contribution in [0.15, 0.2) is 42.6 Å². The standard InChI is InChI=1S/C22H23FN6O2.2C2HF3O2/c1-31-22-14(4-3-7-24-22)10-28-11-15-8-19-26-27-20(29(19)13-16(15)12-28)21(30)25-18-6-2-5-17(23)9-18;2*3-2(4,5)1(6)7/h2-7,9,15-16H,8,10-13H2,1H3,(H,25,30);2*(H,6,7). The third-order valence-electron chi connectivity index (χ3n) is 6.55. The van der Waals surface area contributed by atoms with Crippen molar-refractivity contribution in [3.8, 4) is 5.88 Å². The zero-order chi connectivity index (χ0) is 33.5. The smallest absolute Gasteiger partial charge is 0.481 e. The molecule has 0 spiro atoms. The number of carboxylic acid groups (broad SMARTS) is 2. The third-order valence-corrected chi connectivity index (χ3v) is 6.55. The lowest BCUT2D eigenvalue weighted by atomic mass is 9.89. The number of benzene rings is 1. The maximum Gasteiger partial charge on any atom is 0.490 e. The molecule has 5 rings (SSSR count). The first-order chi connectivity index (χ1) is 21.0. The molecule has 2 aliphatic heterocycles. The molecule has 12 nitrogen and oxygen atoms in total. The number of alkyl halides is 6. The first-order valence-electron chi connectivity index (χ1n) is 12.8. The topological polar surface area (TPSA) is 160 Å². The zero-order valence-corrected chi connectivity index (χ0v) is 23.1. The second-order valence-corrected chi connectivity index (χ2v) is 9.71. The summed E-state index contributed by atoms with van der Waals surface area (Å²) in [6, 6.07) is 9.78. The van der Waals surface area contributed by atoms with Crippen molar-refractivity contribution in [2.45, 2.75) is 31.9 Å². The fourth-order valence-corrected chi connectivity index (χ4v) is 4.64. The number of likely N-dealkylation sites (tertiary alicyclic amines) is 1. The molecule has 0 aliphatic carbocycles. The molecular weight excluding hydrogens is 625 g/mol. The Morgan fingerprint density at radius 1 is 0.956 bits per heavy atom. The van der Waals surface area contributed by atoms with Crippen LogP contribution in [0.2, 0.25) is 0 Å². The summed E-state index contributed by atoms with van der Waals surface area (Å²) in [5.74, 6) is -3.66. The number of aromatic nitrogens is 4. The summed E-state index contributed by atoms with van der Waals surface area (Å²) >= 11 is 0. The van der Waals surface area contributed by atoms with Crippen molar-refractivity contribution in [1.29, 1.82) is 0 Å². The van der Waals surface area contributed by atoms with Crippen molar-refractivity contribution < 1.29 is 60.1 Å². The van der Waals surface area contributed by atoms with Gasteiger partial charge in [-0.15, -0.1) is 10.2 Å². The van der Waals surface area contributed by atoms with Gasteiger partial charge in [0.2, 0.25) is 11.7 Å². The summed E-state index contributed by atoms with van der Waals surface area (Å²) in [5, 5.41) is 25.4. The predicted molar refractivity (Wildman–Crippen MR) is 139 cm³/mol. The van der Waals surface area contributed by atoms with E-state index in [0.29, 0.717) is 29.9 Å². The van der Waals surface area contributed by atoms with Gasteiger partial charge < -0.3 is 24.8 Å². The van der Waals surface area contributed by atoms with E-state index in [9.17, 15) is 35.5 Å². The van der Waals surface area contributed by atoms with Crippen LogP contribution in [0.25, 0.3) is 0 Å². The number of halogens is 7. The van der Waals surface area contributed by atoms with Gasteiger partial charge in [-0.1, -0.05) is 12.1 Å². The number of carbonyl (C=O) groups excluding carboxylic acids is 1. The normalized spacial score (nSPS) is 17.4. The number of hydrogen-bond acceptors (Lipinski definition) is 8. The molecule has 4 heterocycles. The monoisotopic (exact) mass is 650 g/mol. The lowest BCUT2D eigenvalue weighted by Gasteiger charge is -2.25. The van der Waals surface area contributed by atoms with Gasteiger partial charge in [-0.3, -0.25) is 9.69 Å². The van der Waals surface area contributed by atoms with Crippen LogP contribution >= 0.6 is 0 Å². The van der Waals surface area contributed by atoms with Crippen LogP contribution < -0.4 is 10.1 Å². The Balaban J connectivity index is 0.000000331. The van der Waals surface area contributed by atoms with E-state index in [4.69, 9.17) is 24.5 Å². The number of nitrogens with zero attached hydrogens (tertiary/aromatic N) is 5. The summed E-state index contributed by atoms with van der Waals surface area (Å²) < 4.78 is 84.2. The zero-order valence-electron chi connectivity index (χ0n) is 23.1. The van der Waals surface area contributed by atoms with Gasteiger partial charge in [-0.25, -0.2) is 19.0 Å². The largest absolute Gasteiger partial charge is 0.490 e. The van der Waals surface area contributed by atoms with E-state index in [1.807, 2.05) is 16.7 Å². The van der Waals surface area contributed by atoms with E-state index >= 15 is 0 Å². The number of amides is 1. The van der Waals surface area contributed by atoms with Crippen LogP contribution in [-0.4, -0.2) is 85.3 Å². The quantitative estimate of drug-likeness (QED) is 0.348. The van der Waals surface area contributed by atoms with Crippen LogP contribution in [0, 0.1) is 17.7 Å². The molecule has 3 aromatic rings. The van der Waals surface area contributed by atoms with E-state index in [-0.39, 0.29) is 11.7 Å². The Kier molecular flexibility index (Phi) is 11.0. The van der Waals surface area contributed by atoms with Gasteiger partial charge in [0.15, 0.2) is 0 Å². The number of hydrogen-bond donors (Lipinski definition) is 3. The van der Waals surface area contributed by atoms with E-state index in [2.05, 4.69) is 25.4 Å². The van der Waals surface area contributed by atoms with Crippen molar-refractivity contribution >= 4 is 23.5 Å².